The Labute approximate surface area is 221 Å². The van der Waals surface area contributed by atoms with Crippen LogP contribution in [0, 0.1) is 0 Å². The molecule has 0 aliphatic rings. The maximum absolute atomic E-state index is 13.1. The summed E-state index contributed by atoms with van der Waals surface area (Å²) in [5.41, 5.74) is 0.820. The maximum atomic E-state index is 13.1. The van der Waals surface area contributed by atoms with Crippen molar-refractivity contribution in [2.24, 2.45) is 0 Å². The Bertz CT molecular complexity index is 1230. The van der Waals surface area contributed by atoms with Gasteiger partial charge in [-0.05, 0) is 32.3 Å². The SMILES string of the molecule is CCOC(=O)C(CC(=O)c1ccc(CCCc2nc(-c3ccccc3)co2)cc1)(NC(C)=O)C(=O)OCC. The number of hydrogen-bond donors (Lipinski definition) is 1. The maximum Gasteiger partial charge on any atom is 0.344 e. The molecule has 1 heterocycles. The number of nitrogens with zero attached hydrogens (tertiary/aromatic N) is 1. The van der Waals surface area contributed by atoms with Crippen molar-refractivity contribution in [3.63, 3.8) is 0 Å². The Kier molecular flexibility index (Phi) is 9.92. The number of benzene rings is 2. The van der Waals surface area contributed by atoms with Crippen molar-refractivity contribution in [2.75, 3.05) is 13.2 Å². The average Bonchev–Trinajstić information content (AvgIpc) is 3.38. The van der Waals surface area contributed by atoms with Crippen LogP contribution in [0.25, 0.3) is 11.3 Å². The van der Waals surface area contributed by atoms with Crippen molar-refractivity contribution in [3.8, 4) is 11.3 Å². The minimum atomic E-state index is -2.26. The molecule has 2 aromatic carbocycles. The van der Waals surface area contributed by atoms with E-state index in [1.165, 1.54) is 0 Å². The molecule has 0 aliphatic heterocycles. The topological polar surface area (TPSA) is 125 Å². The summed E-state index contributed by atoms with van der Waals surface area (Å²) in [6.45, 7) is 4.19. The molecule has 0 atom stereocenters. The summed E-state index contributed by atoms with van der Waals surface area (Å²) in [5.74, 6) is -2.61. The van der Waals surface area contributed by atoms with Crippen molar-refractivity contribution >= 4 is 23.6 Å². The van der Waals surface area contributed by atoms with Gasteiger partial charge in [-0.3, -0.25) is 9.59 Å². The fraction of sp³-hybridized carbons (Fsp3) is 0.345. The molecule has 0 spiro atoms. The molecule has 200 valence electrons. The van der Waals surface area contributed by atoms with Gasteiger partial charge in [-0.1, -0.05) is 54.6 Å². The normalized spacial score (nSPS) is 11.0. The molecular weight excluding hydrogens is 488 g/mol. The van der Waals surface area contributed by atoms with Crippen molar-refractivity contribution in [3.05, 3.63) is 77.9 Å². The zero-order chi connectivity index (χ0) is 27.5. The van der Waals surface area contributed by atoms with Gasteiger partial charge >= 0.3 is 11.9 Å². The first-order chi connectivity index (χ1) is 18.3. The van der Waals surface area contributed by atoms with Crippen LogP contribution in [-0.2, 0) is 36.7 Å². The van der Waals surface area contributed by atoms with Crippen LogP contribution in [0.4, 0.5) is 0 Å². The highest BCUT2D eigenvalue weighted by molar-refractivity contribution is 6.13. The fourth-order valence-corrected chi connectivity index (χ4v) is 3.99. The number of esters is 2. The lowest BCUT2D eigenvalue weighted by Crippen LogP contribution is -2.62. The van der Waals surface area contributed by atoms with E-state index in [-0.39, 0.29) is 18.8 Å². The summed E-state index contributed by atoms with van der Waals surface area (Å²) < 4.78 is 15.6. The third-order valence-corrected chi connectivity index (χ3v) is 5.82. The molecule has 1 aromatic heterocycles. The van der Waals surface area contributed by atoms with E-state index < -0.39 is 35.6 Å². The van der Waals surface area contributed by atoms with Gasteiger partial charge < -0.3 is 19.2 Å². The summed E-state index contributed by atoms with van der Waals surface area (Å²) in [6, 6.07) is 16.7. The lowest BCUT2D eigenvalue weighted by molar-refractivity contribution is -0.167. The van der Waals surface area contributed by atoms with Gasteiger partial charge in [0.15, 0.2) is 11.7 Å². The number of oxazole rings is 1. The van der Waals surface area contributed by atoms with Gasteiger partial charge in [-0.2, -0.15) is 0 Å². The molecule has 0 unspecified atom stereocenters. The average molecular weight is 521 g/mol. The summed E-state index contributed by atoms with van der Waals surface area (Å²) in [5, 5.41) is 2.31. The van der Waals surface area contributed by atoms with Crippen LogP contribution < -0.4 is 5.32 Å². The largest absolute Gasteiger partial charge is 0.464 e. The number of Topliss-reactive ketones (excluding diaryl/α,β-unsaturated/α-hetero) is 1. The van der Waals surface area contributed by atoms with Crippen molar-refractivity contribution in [2.45, 2.75) is 52.0 Å². The van der Waals surface area contributed by atoms with E-state index in [9.17, 15) is 19.2 Å². The van der Waals surface area contributed by atoms with Crippen LogP contribution >= 0.6 is 0 Å². The Hall–Kier alpha value is -4.27. The second-order valence-corrected chi connectivity index (χ2v) is 8.67. The first kappa shape index (κ1) is 28.3. The minimum Gasteiger partial charge on any atom is -0.464 e. The first-order valence-electron chi connectivity index (χ1n) is 12.5. The number of aromatic nitrogens is 1. The third-order valence-electron chi connectivity index (χ3n) is 5.82. The van der Waals surface area contributed by atoms with E-state index in [0.717, 1.165) is 36.6 Å². The van der Waals surface area contributed by atoms with Crippen LogP contribution in [-0.4, -0.2) is 47.4 Å². The Morgan fingerprint density at radius 1 is 0.895 bits per heavy atom. The van der Waals surface area contributed by atoms with Crippen molar-refractivity contribution in [1.82, 2.24) is 10.3 Å². The second kappa shape index (κ2) is 13.3. The molecule has 9 heteroatoms. The number of aryl methyl sites for hydroxylation is 2. The Morgan fingerprint density at radius 3 is 2.11 bits per heavy atom. The fourth-order valence-electron chi connectivity index (χ4n) is 3.99. The molecule has 0 fully saturated rings. The molecule has 1 N–H and O–H groups in total. The number of nitrogens with one attached hydrogen (secondary N) is 1. The lowest BCUT2D eigenvalue weighted by Gasteiger charge is -2.29. The Balaban J connectivity index is 1.64. The number of carbonyl (C=O) groups is 4. The molecule has 0 saturated heterocycles. The number of ketones is 1. The summed E-state index contributed by atoms with van der Waals surface area (Å²) in [7, 11) is 0. The number of rotatable bonds is 13. The van der Waals surface area contributed by atoms with Crippen LogP contribution in [0.3, 0.4) is 0 Å². The van der Waals surface area contributed by atoms with Crippen molar-refractivity contribution < 1.29 is 33.1 Å². The molecule has 1 amide bonds. The van der Waals surface area contributed by atoms with Crippen LogP contribution in [0.15, 0.2) is 65.3 Å². The smallest absolute Gasteiger partial charge is 0.344 e. The monoisotopic (exact) mass is 520 g/mol. The predicted molar refractivity (Wildman–Crippen MR) is 139 cm³/mol. The van der Waals surface area contributed by atoms with E-state index in [0.29, 0.717) is 12.3 Å². The van der Waals surface area contributed by atoms with E-state index >= 15 is 0 Å². The Morgan fingerprint density at radius 2 is 1.53 bits per heavy atom. The molecular formula is C29H32N2O7. The highest BCUT2D eigenvalue weighted by atomic mass is 16.6. The van der Waals surface area contributed by atoms with Crippen LogP contribution in [0.1, 0.15) is 55.4 Å². The molecule has 0 saturated carbocycles. The van der Waals surface area contributed by atoms with E-state index in [2.05, 4.69) is 10.3 Å². The lowest BCUT2D eigenvalue weighted by atomic mass is 9.89. The van der Waals surface area contributed by atoms with Crippen LogP contribution in [0.2, 0.25) is 0 Å². The molecule has 0 bridgehead atoms. The summed E-state index contributed by atoms with van der Waals surface area (Å²) >= 11 is 0. The molecule has 0 aliphatic carbocycles. The van der Waals surface area contributed by atoms with Crippen molar-refractivity contribution in [1.29, 1.82) is 0 Å². The molecule has 38 heavy (non-hydrogen) atoms. The number of hydrogen-bond acceptors (Lipinski definition) is 8. The quantitative estimate of drug-likeness (QED) is 0.203. The molecule has 3 rings (SSSR count). The molecule has 3 aromatic rings. The van der Waals surface area contributed by atoms with E-state index in [4.69, 9.17) is 13.9 Å². The van der Waals surface area contributed by atoms with Crippen LogP contribution in [0.5, 0.6) is 0 Å². The predicted octanol–water partition coefficient (Wildman–Crippen LogP) is 4.09. The second-order valence-electron chi connectivity index (χ2n) is 8.67. The standard InChI is InChI=1S/C29H32N2O7/c1-4-36-27(34)29(31-20(3)32,28(35)37-5-2)18-25(33)23-16-14-21(15-17-23)10-9-13-26-30-24(19-38-26)22-11-7-6-8-12-22/h6-8,11-12,14-17,19H,4-5,9-10,13,18H2,1-3H3,(H,31,32). The van der Waals surface area contributed by atoms with Gasteiger partial charge in [-0.15, -0.1) is 0 Å². The summed E-state index contributed by atoms with van der Waals surface area (Å²) in [4.78, 5) is 55.0. The van der Waals surface area contributed by atoms with Gasteiger partial charge in [0.25, 0.3) is 0 Å². The van der Waals surface area contributed by atoms with Gasteiger partial charge in [0.1, 0.15) is 12.0 Å². The number of ether oxygens (including phenoxy) is 2. The summed E-state index contributed by atoms with van der Waals surface area (Å²) in [6.07, 6.45) is 3.21. The highest BCUT2D eigenvalue weighted by Crippen LogP contribution is 2.22. The first-order valence-corrected chi connectivity index (χ1v) is 12.5. The molecule has 9 nitrogen and oxygen atoms in total. The van der Waals surface area contributed by atoms with Gasteiger partial charge in [0.2, 0.25) is 11.4 Å². The van der Waals surface area contributed by atoms with Gasteiger partial charge in [0, 0.05) is 24.5 Å². The van der Waals surface area contributed by atoms with Gasteiger partial charge in [0.05, 0.1) is 19.6 Å². The molecule has 0 radical (unpaired) electrons. The van der Waals surface area contributed by atoms with Gasteiger partial charge in [-0.25, -0.2) is 14.6 Å². The zero-order valence-corrected chi connectivity index (χ0v) is 21.8. The number of carbonyl (C=O) groups excluding carboxylic acids is 4. The minimum absolute atomic E-state index is 0.0381. The van der Waals surface area contributed by atoms with E-state index in [1.807, 2.05) is 42.5 Å². The highest BCUT2D eigenvalue weighted by Gasteiger charge is 2.51. The zero-order valence-electron chi connectivity index (χ0n) is 21.8. The van der Waals surface area contributed by atoms with E-state index in [1.54, 1.807) is 32.2 Å². The third kappa shape index (κ3) is 7.15. The number of amides is 1.